The molecule has 2 aromatic carbocycles. The molecular formula is C16H19O8P. The molecular weight excluding hydrogens is 351 g/mol. The molecule has 9 heteroatoms. The van der Waals surface area contributed by atoms with Crippen LogP contribution in [-0.2, 0) is 25.0 Å². The summed E-state index contributed by atoms with van der Waals surface area (Å²) < 4.78 is 26.7. The average molecular weight is 370 g/mol. The van der Waals surface area contributed by atoms with Crippen molar-refractivity contribution in [2.75, 3.05) is 6.61 Å². The Morgan fingerprint density at radius 1 is 1.08 bits per heavy atom. The van der Waals surface area contributed by atoms with E-state index in [4.69, 9.17) is 18.9 Å². The van der Waals surface area contributed by atoms with Gasteiger partial charge in [0.15, 0.2) is 6.29 Å². The zero-order chi connectivity index (χ0) is 18.0. The fourth-order valence-corrected chi connectivity index (χ4v) is 3.41. The molecule has 5 atom stereocenters. The topological polar surface area (TPSA) is 126 Å². The van der Waals surface area contributed by atoms with Gasteiger partial charge in [-0.25, -0.2) is 4.57 Å². The second-order valence-electron chi connectivity index (χ2n) is 5.74. The lowest BCUT2D eigenvalue weighted by molar-refractivity contribution is -0.128. The zero-order valence-corrected chi connectivity index (χ0v) is 14.0. The van der Waals surface area contributed by atoms with E-state index < -0.39 is 39.0 Å². The van der Waals surface area contributed by atoms with Crippen LogP contribution in [0.1, 0.15) is 5.56 Å². The average Bonchev–Trinajstić information content (AvgIpc) is 2.87. The zero-order valence-electron chi connectivity index (χ0n) is 13.1. The van der Waals surface area contributed by atoms with E-state index in [9.17, 15) is 19.7 Å². The van der Waals surface area contributed by atoms with Gasteiger partial charge in [0.2, 0.25) is 0 Å². The normalized spacial score (nSPS) is 29.0. The van der Waals surface area contributed by atoms with Gasteiger partial charge >= 0.3 is 7.82 Å². The molecule has 8 nitrogen and oxygen atoms in total. The van der Waals surface area contributed by atoms with Crippen molar-refractivity contribution in [3.05, 3.63) is 48.0 Å². The molecule has 0 radical (unpaired) electrons. The van der Waals surface area contributed by atoms with Crippen LogP contribution in [0.5, 0.6) is 0 Å². The van der Waals surface area contributed by atoms with Crippen molar-refractivity contribution in [1.29, 1.82) is 0 Å². The van der Waals surface area contributed by atoms with Crippen molar-refractivity contribution in [2.24, 2.45) is 0 Å². The molecule has 2 aromatic rings. The number of rotatable bonds is 6. The van der Waals surface area contributed by atoms with Crippen LogP contribution >= 0.6 is 7.82 Å². The fraction of sp³-hybridized carbons (Fsp3) is 0.375. The van der Waals surface area contributed by atoms with Crippen LogP contribution in [0.4, 0.5) is 0 Å². The second-order valence-corrected chi connectivity index (χ2v) is 7.14. The van der Waals surface area contributed by atoms with Crippen molar-refractivity contribution < 1.29 is 38.6 Å². The molecule has 1 aliphatic heterocycles. The van der Waals surface area contributed by atoms with E-state index >= 15 is 0 Å². The smallest absolute Gasteiger partial charge is 0.394 e. The summed E-state index contributed by atoms with van der Waals surface area (Å²) in [6.45, 7) is -0.751. The molecule has 1 fully saturated rings. The largest absolute Gasteiger partial charge is 0.474 e. The maximum atomic E-state index is 12.0. The Hall–Kier alpha value is -1.35. The van der Waals surface area contributed by atoms with Crippen LogP contribution in [-0.4, -0.2) is 51.4 Å². The van der Waals surface area contributed by atoms with Crippen molar-refractivity contribution in [1.82, 2.24) is 0 Å². The third-order valence-corrected chi connectivity index (χ3v) is 4.87. The van der Waals surface area contributed by atoms with Crippen LogP contribution in [0.15, 0.2) is 42.5 Å². The van der Waals surface area contributed by atoms with E-state index in [1.165, 1.54) is 0 Å². The number of aliphatic hydroxyl groups excluding tert-OH is 3. The number of ether oxygens (including phenoxy) is 1. The van der Waals surface area contributed by atoms with Crippen molar-refractivity contribution in [3.63, 3.8) is 0 Å². The lowest BCUT2D eigenvalue weighted by Crippen LogP contribution is -2.34. The van der Waals surface area contributed by atoms with Gasteiger partial charge in [0, 0.05) is 0 Å². The second kappa shape index (κ2) is 7.49. The molecule has 25 heavy (non-hydrogen) atoms. The van der Waals surface area contributed by atoms with Gasteiger partial charge < -0.3 is 24.9 Å². The minimum atomic E-state index is -4.55. The number of aliphatic hydroxyl groups is 3. The third-order valence-electron chi connectivity index (χ3n) is 3.94. The number of hydrogen-bond acceptors (Lipinski definition) is 7. The molecule has 0 aromatic heterocycles. The summed E-state index contributed by atoms with van der Waals surface area (Å²) in [7, 11) is -4.55. The number of fused-ring (bicyclic) bond motifs is 1. The molecule has 0 amide bonds. The van der Waals surface area contributed by atoms with Gasteiger partial charge in [-0.05, 0) is 22.4 Å². The van der Waals surface area contributed by atoms with Crippen LogP contribution in [0.3, 0.4) is 0 Å². The molecule has 3 rings (SSSR count). The molecule has 1 heterocycles. The fourth-order valence-electron chi connectivity index (χ4n) is 2.60. The minimum Gasteiger partial charge on any atom is -0.394 e. The maximum Gasteiger partial charge on any atom is 0.474 e. The van der Waals surface area contributed by atoms with Crippen molar-refractivity contribution >= 4 is 18.6 Å². The van der Waals surface area contributed by atoms with E-state index in [-0.39, 0.29) is 6.61 Å². The van der Waals surface area contributed by atoms with Crippen LogP contribution in [0.25, 0.3) is 10.8 Å². The standard InChI is InChI=1S/C16H19O8P/c17-8-13-14(18)15(19)16(23-13)24-25(20,21)22-9-10-5-6-11-3-1-2-4-12(11)7-10/h1-7,13-19H,8-9H2,(H,20,21)/t13-,14-,15+,16+/m1/s1. The Bertz CT molecular complexity index is 782. The van der Waals surface area contributed by atoms with Gasteiger partial charge in [-0.3, -0.25) is 9.05 Å². The summed E-state index contributed by atoms with van der Waals surface area (Å²) in [6.07, 6.45) is -5.66. The maximum absolute atomic E-state index is 12.0. The molecule has 1 saturated heterocycles. The Morgan fingerprint density at radius 2 is 1.80 bits per heavy atom. The summed E-state index contributed by atoms with van der Waals surface area (Å²) >= 11 is 0. The van der Waals surface area contributed by atoms with E-state index in [0.717, 1.165) is 10.8 Å². The summed E-state index contributed by atoms with van der Waals surface area (Å²) in [4.78, 5) is 9.79. The van der Waals surface area contributed by atoms with Gasteiger partial charge in [0.05, 0.1) is 13.2 Å². The third kappa shape index (κ3) is 4.25. The van der Waals surface area contributed by atoms with E-state index in [1.54, 1.807) is 6.07 Å². The first-order valence-corrected chi connectivity index (χ1v) is 9.15. The van der Waals surface area contributed by atoms with Crippen molar-refractivity contribution in [3.8, 4) is 0 Å². The highest BCUT2D eigenvalue weighted by atomic mass is 31.2. The Labute approximate surface area is 143 Å². The highest BCUT2D eigenvalue weighted by Crippen LogP contribution is 2.47. The first-order valence-electron chi connectivity index (χ1n) is 7.65. The molecule has 0 aliphatic carbocycles. The van der Waals surface area contributed by atoms with Gasteiger partial charge in [-0.15, -0.1) is 0 Å². The SMILES string of the molecule is O=P(O)(OCc1ccc2ccccc2c1)O[C@@H]1O[C@H](CO)[C@@H](O)[C@@H]1O. The number of phosphoric ester groups is 1. The first-order chi connectivity index (χ1) is 11.9. The number of hydrogen-bond donors (Lipinski definition) is 4. The lowest BCUT2D eigenvalue weighted by atomic mass is 10.1. The van der Waals surface area contributed by atoms with Crippen LogP contribution < -0.4 is 0 Å². The Kier molecular flexibility index (Phi) is 5.52. The molecule has 4 N–H and O–H groups in total. The van der Waals surface area contributed by atoms with Gasteiger partial charge in [-0.2, -0.15) is 0 Å². The quantitative estimate of drug-likeness (QED) is 0.553. The monoisotopic (exact) mass is 370 g/mol. The Morgan fingerprint density at radius 3 is 2.48 bits per heavy atom. The van der Waals surface area contributed by atoms with Crippen LogP contribution in [0.2, 0.25) is 0 Å². The van der Waals surface area contributed by atoms with Gasteiger partial charge in [0.1, 0.15) is 18.3 Å². The highest BCUT2D eigenvalue weighted by Gasteiger charge is 2.46. The first kappa shape index (κ1) is 18.4. The number of benzene rings is 2. The van der Waals surface area contributed by atoms with Gasteiger partial charge in [-0.1, -0.05) is 36.4 Å². The number of phosphoric acid groups is 1. The predicted molar refractivity (Wildman–Crippen MR) is 87.4 cm³/mol. The van der Waals surface area contributed by atoms with Crippen LogP contribution in [0, 0.1) is 0 Å². The lowest BCUT2D eigenvalue weighted by Gasteiger charge is -2.19. The molecule has 136 valence electrons. The Balaban J connectivity index is 1.62. The molecule has 1 aliphatic rings. The summed E-state index contributed by atoms with van der Waals surface area (Å²) in [5, 5.41) is 30.3. The molecule has 1 unspecified atom stereocenters. The van der Waals surface area contributed by atoms with E-state index in [1.807, 2.05) is 36.4 Å². The summed E-state index contributed by atoms with van der Waals surface area (Å²) in [5.74, 6) is 0. The molecule has 0 spiro atoms. The molecule has 0 saturated carbocycles. The minimum absolute atomic E-state index is 0.187. The van der Waals surface area contributed by atoms with Gasteiger partial charge in [0.25, 0.3) is 0 Å². The molecule has 0 bridgehead atoms. The van der Waals surface area contributed by atoms with E-state index in [2.05, 4.69) is 0 Å². The summed E-state index contributed by atoms with van der Waals surface area (Å²) in [6, 6.07) is 13.1. The predicted octanol–water partition coefficient (Wildman–Crippen LogP) is 0.912. The highest BCUT2D eigenvalue weighted by molar-refractivity contribution is 7.47. The van der Waals surface area contributed by atoms with Crippen molar-refractivity contribution in [2.45, 2.75) is 31.2 Å². The van der Waals surface area contributed by atoms with E-state index in [0.29, 0.717) is 5.56 Å². The summed E-state index contributed by atoms with van der Waals surface area (Å²) in [5.41, 5.74) is 0.665.